The molecule has 49 heavy (non-hydrogen) atoms. The molecule has 0 unspecified atom stereocenters. The molecule has 10 rings (SSSR count). The van der Waals surface area contributed by atoms with Gasteiger partial charge in [-0.2, -0.15) is 0 Å². The molecule has 0 aliphatic heterocycles. The molecule has 1 aliphatic rings. The topological polar surface area (TPSA) is 3.24 Å². The predicted octanol–water partition coefficient (Wildman–Crippen LogP) is 12.8. The molecule has 9 aromatic rings. The summed E-state index contributed by atoms with van der Waals surface area (Å²) in [4.78, 5) is 2.49. The first-order chi connectivity index (χ1) is 24.1. The van der Waals surface area contributed by atoms with E-state index in [-0.39, 0.29) is 19.9 Å². The molecule has 8 aromatic carbocycles. The molecule has 0 saturated heterocycles. The van der Waals surface area contributed by atoms with E-state index in [0.29, 0.717) is 0 Å². The van der Waals surface area contributed by atoms with E-state index in [0.717, 1.165) is 5.69 Å². The first-order valence-corrected chi connectivity index (χ1v) is 18.7. The fraction of sp³-hybridized carbons (Fsp3) is 0.0638. The third-order valence-corrected chi connectivity index (χ3v) is 13.2. The summed E-state index contributed by atoms with van der Waals surface area (Å²) in [5, 5.41) is 8.15. The third-order valence-electron chi connectivity index (χ3n) is 10.6. The van der Waals surface area contributed by atoms with E-state index >= 15 is 0 Å². The van der Waals surface area contributed by atoms with Crippen LogP contribution in [0.4, 0.5) is 17.1 Å². The van der Waals surface area contributed by atoms with Crippen LogP contribution in [0.1, 0.15) is 25.0 Å². The van der Waals surface area contributed by atoms with Gasteiger partial charge in [0.05, 0.1) is 0 Å². The Morgan fingerprint density at radius 1 is 0.490 bits per heavy atom. The van der Waals surface area contributed by atoms with Crippen LogP contribution in [0.2, 0.25) is 0 Å². The summed E-state index contributed by atoms with van der Waals surface area (Å²) >= 11 is 0.228. The van der Waals surface area contributed by atoms with Crippen molar-refractivity contribution in [3.8, 4) is 22.3 Å². The maximum absolute atomic E-state index is 2.49. The number of anilines is 3. The van der Waals surface area contributed by atoms with Gasteiger partial charge in [0, 0.05) is 0 Å². The van der Waals surface area contributed by atoms with Crippen LogP contribution in [-0.4, -0.2) is 14.5 Å². The molecule has 0 radical (unpaired) electrons. The molecule has 0 spiro atoms. The van der Waals surface area contributed by atoms with Crippen LogP contribution in [0.15, 0.2) is 164 Å². The first kappa shape index (κ1) is 28.6. The minimum atomic E-state index is -0.0754. The quantitative estimate of drug-likeness (QED) is 0.131. The van der Waals surface area contributed by atoms with Crippen molar-refractivity contribution in [1.82, 2.24) is 0 Å². The maximum atomic E-state index is 2.49. The fourth-order valence-electron chi connectivity index (χ4n) is 8.23. The molecule has 0 fully saturated rings. The molecule has 0 bridgehead atoms. The van der Waals surface area contributed by atoms with Crippen LogP contribution in [-0.2, 0) is 5.41 Å². The second kappa shape index (κ2) is 10.8. The molecule has 0 saturated carbocycles. The number of hydrogen-bond acceptors (Lipinski definition) is 1. The molecule has 232 valence electrons. The Hall–Kier alpha value is -5.40. The van der Waals surface area contributed by atoms with Gasteiger partial charge in [0.1, 0.15) is 0 Å². The SMILES string of the molecule is CC1(C)c2ccccc2-c2c(N(c3ccc(-c4ccccc4)cc3)c3ccc4[se]c5c(ccc6ccc7ccccc7c65)c4c3)cccc21. The number of benzene rings is 8. The van der Waals surface area contributed by atoms with E-state index < -0.39 is 0 Å². The molecule has 0 amide bonds. The molecule has 0 N–H and O–H groups in total. The average Bonchev–Trinajstić information content (AvgIpc) is 3.64. The fourth-order valence-corrected chi connectivity index (χ4v) is 10.9. The van der Waals surface area contributed by atoms with Gasteiger partial charge in [-0.1, -0.05) is 6.07 Å². The van der Waals surface area contributed by atoms with Crippen LogP contribution < -0.4 is 4.90 Å². The second-order valence-corrected chi connectivity index (χ2v) is 15.9. The van der Waals surface area contributed by atoms with Crippen LogP contribution in [0.25, 0.3) is 63.1 Å². The zero-order valence-corrected chi connectivity index (χ0v) is 29.2. The number of hydrogen-bond donors (Lipinski definition) is 0. The van der Waals surface area contributed by atoms with Crippen molar-refractivity contribution in [1.29, 1.82) is 0 Å². The number of fused-ring (bicyclic) bond motifs is 10. The zero-order chi connectivity index (χ0) is 32.7. The minimum absolute atomic E-state index is 0.0754. The van der Waals surface area contributed by atoms with Crippen LogP contribution in [0.3, 0.4) is 0 Å². The van der Waals surface area contributed by atoms with Crippen molar-refractivity contribution in [2.75, 3.05) is 4.90 Å². The Kier molecular flexibility index (Phi) is 6.31. The van der Waals surface area contributed by atoms with Gasteiger partial charge in [-0.05, 0) is 0 Å². The van der Waals surface area contributed by atoms with Crippen molar-refractivity contribution >= 4 is 72.4 Å². The van der Waals surface area contributed by atoms with Gasteiger partial charge in [-0.15, -0.1) is 0 Å². The summed E-state index contributed by atoms with van der Waals surface area (Å²) in [5.74, 6) is 0. The Balaban J connectivity index is 1.22. The van der Waals surface area contributed by atoms with E-state index in [9.17, 15) is 0 Å². The molecule has 2 heteroatoms. The summed E-state index contributed by atoms with van der Waals surface area (Å²) in [5.41, 5.74) is 11.4. The van der Waals surface area contributed by atoms with Crippen LogP contribution >= 0.6 is 0 Å². The van der Waals surface area contributed by atoms with E-state index in [2.05, 4.69) is 183 Å². The van der Waals surface area contributed by atoms with E-state index in [1.165, 1.54) is 85.6 Å². The van der Waals surface area contributed by atoms with Crippen LogP contribution in [0, 0.1) is 0 Å². The summed E-state index contributed by atoms with van der Waals surface area (Å²) in [6.45, 7) is 4.73. The van der Waals surface area contributed by atoms with Crippen molar-refractivity contribution in [2.45, 2.75) is 19.3 Å². The van der Waals surface area contributed by atoms with Gasteiger partial charge in [0.15, 0.2) is 0 Å². The first-order valence-electron chi connectivity index (χ1n) is 17.0. The zero-order valence-electron chi connectivity index (χ0n) is 27.4. The summed E-state index contributed by atoms with van der Waals surface area (Å²) in [6, 6.07) is 60.9. The van der Waals surface area contributed by atoms with E-state index in [1.807, 2.05) is 0 Å². The Bertz CT molecular complexity index is 2730. The van der Waals surface area contributed by atoms with Crippen molar-refractivity contribution in [3.05, 3.63) is 175 Å². The molecule has 1 aliphatic carbocycles. The average molecular weight is 691 g/mol. The van der Waals surface area contributed by atoms with Crippen molar-refractivity contribution < 1.29 is 0 Å². The van der Waals surface area contributed by atoms with Crippen molar-refractivity contribution in [3.63, 3.8) is 0 Å². The molecule has 0 atom stereocenters. The molecule has 1 nitrogen and oxygen atoms in total. The van der Waals surface area contributed by atoms with Gasteiger partial charge >= 0.3 is 288 Å². The van der Waals surface area contributed by atoms with Gasteiger partial charge < -0.3 is 0 Å². The predicted molar refractivity (Wildman–Crippen MR) is 211 cm³/mol. The Morgan fingerprint density at radius 2 is 1.18 bits per heavy atom. The third kappa shape index (κ3) is 4.31. The van der Waals surface area contributed by atoms with Crippen molar-refractivity contribution in [2.24, 2.45) is 0 Å². The molecular weight excluding hydrogens is 657 g/mol. The molecule has 1 aromatic heterocycles. The van der Waals surface area contributed by atoms with E-state index in [4.69, 9.17) is 0 Å². The Morgan fingerprint density at radius 3 is 2.06 bits per heavy atom. The van der Waals surface area contributed by atoms with Gasteiger partial charge in [-0.3, -0.25) is 0 Å². The number of nitrogens with zero attached hydrogens (tertiary/aromatic N) is 1. The van der Waals surface area contributed by atoms with Gasteiger partial charge in [0.25, 0.3) is 0 Å². The second-order valence-electron chi connectivity index (χ2n) is 13.7. The molecule has 1 heterocycles. The van der Waals surface area contributed by atoms with E-state index in [1.54, 1.807) is 0 Å². The van der Waals surface area contributed by atoms with Gasteiger partial charge in [0.2, 0.25) is 0 Å². The molecular formula is C47H33NSe. The standard InChI is InChI=1S/C47H33NSe/c1-47(2)40-16-9-8-15-38(40)45-41(47)17-10-18-42(45)48(34-24-21-31(22-25-34)30-11-4-3-5-12-30)35-26-28-43-39(29-35)37-27-23-33-20-19-32-13-6-7-14-36(32)44(33)46(37)49-43/h3-29H,1-2H3. The monoisotopic (exact) mass is 691 g/mol. The summed E-state index contributed by atoms with van der Waals surface area (Å²) in [7, 11) is 0. The van der Waals surface area contributed by atoms with Crippen LogP contribution in [0.5, 0.6) is 0 Å². The summed E-state index contributed by atoms with van der Waals surface area (Å²) < 4.78 is 2.96. The number of rotatable bonds is 4. The van der Waals surface area contributed by atoms with Gasteiger partial charge in [-0.25, -0.2) is 0 Å². The summed E-state index contributed by atoms with van der Waals surface area (Å²) in [6.07, 6.45) is 0. The Labute approximate surface area is 292 Å². The normalized spacial score (nSPS) is 13.3.